The summed E-state index contributed by atoms with van der Waals surface area (Å²) in [6.45, 7) is 1.99. The van der Waals surface area contributed by atoms with Crippen LogP contribution in [-0.4, -0.2) is 5.78 Å². The van der Waals surface area contributed by atoms with Crippen LogP contribution in [0.2, 0.25) is 0 Å². The van der Waals surface area contributed by atoms with Gasteiger partial charge in [0.05, 0.1) is 5.56 Å². The quantitative estimate of drug-likeness (QED) is 0.695. The molecule has 1 fully saturated rings. The molecular formula is C14H14ClF3O. The molecule has 0 N–H and O–H groups in total. The molecule has 5 heteroatoms. The number of hydrogen-bond acceptors (Lipinski definition) is 1. The molecule has 0 radical (unpaired) electrons. The monoisotopic (exact) mass is 290 g/mol. The predicted octanol–water partition coefficient (Wildman–Crippen LogP) is 4.53. The summed E-state index contributed by atoms with van der Waals surface area (Å²) in [5.74, 6) is 0.185. The van der Waals surface area contributed by atoms with E-state index in [1.54, 1.807) is 0 Å². The van der Waals surface area contributed by atoms with Gasteiger partial charge in [-0.1, -0.05) is 19.1 Å². The highest BCUT2D eigenvalue weighted by atomic mass is 35.5. The lowest BCUT2D eigenvalue weighted by Gasteiger charge is -2.33. The lowest BCUT2D eigenvalue weighted by molar-refractivity contribution is -0.137. The number of benzene rings is 1. The lowest BCUT2D eigenvalue weighted by atomic mass is 9.77. The normalized spacial score (nSPS) is 28.5. The molecule has 0 aromatic heterocycles. The zero-order valence-corrected chi connectivity index (χ0v) is 11.2. The van der Waals surface area contributed by atoms with Gasteiger partial charge in [0.15, 0.2) is 5.78 Å². The van der Waals surface area contributed by atoms with Crippen molar-refractivity contribution in [3.8, 4) is 0 Å². The number of halogens is 4. The van der Waals surface area contributed by atoms with Gasteiger partial charge in [0.1, 0.15) is 4.87 Å². The summed E-state index contributed by atoms with van der Waals surface area (Å²) in [6.07, 6.45) is -2.74. The molecule has 0 bridgehead atoms. The summed E-state index contributed by atoms with van der Waals surface area (Å²) in [5, 5.41) is 0. The molecule has 104 valence electrons. The first kappa shape index (κ1) is 14.4. The van der Waals surface area contributed by atoms with Crippen molar-refractivity contribution in [2.45, 2.75) is 37.2 Å². The minimum atomic E-state index is -4.37. The van der Waals surface area contributed by atoms with E-state index in [1.165, 1.54) is 12.1 Å². The summed E-state index contributed by atoms with van der Waals surface area (Å²) >= 11 is 6.38. The summed E-state index contributed by atoms with van der Waals surface area (Å²) in [4.78, 5) is 10.8. The van der Waals surface area contributed by atoms with Crippen molar-refractivity contribution in [3.05, 3.63) is 35.4 Å². The minimum absolute atomic E-state index is 0.105. The number of ketones is 1. The lowest BCUT2D eigenvalue weighted by Crippen LogP contribution is -2.36. The van der Waals surface area contributed by atoms with Gasteiger partial charge in [-0.2, -0.15) is 13.2 Å². The van der Waals surface area contributed by atoms with Gasteiger partial charge in [0.2, 0.25) is 0 Å². The zero-order chi connectivity index (χ0) is 14.3. The Kier molecular flexibility index (Phi) is 3.65. The molecule has 1 aliphatic rings. The fourth-order valence-electron chi connectivity index (χ4n) is 2.47. The maximum atomic E-state index is 12.5. The molecule has 2 unspecified atom stereocenters. The van der Waals surface area contributed by atoms with Gasteiger partial charge in [-0.05, 0) is 36.5 Å². The van der Waals surface area contributed by atoms with E-state index in [-0.39, 0.29) is 11.7 Å². The zero-order valence-electron chi connectivity index (χ0n) is 10.4. The highest BCUT2D eigenvalue weighted by Crippen LogP contribution is 2.43. The van der Waals surface area contributed by atoms with Crippen LogP contribution in [0.1, 0.15) is 37.3 Å². The number of hydrogen-bond donors (Lipinski definition) is 0. The molecule has 0 spiro atoms. The summed E-state index contributed by atoms with van der Waals surface area (Å²) < 4.78 is 37.5. The van der Waals surface area contributed by atoms with Crippen LogP contribution in [-0.2, 0) is 15.8 Å². The van der Waals surface area contributed by atoms with Crippen molar-refractivity contribution >= 4 is 17.4 Å². The third-order valence-corrected chi connectivity index (χ3v) is 4.19. The molecule has 1 nitrogen and oxygen atoms in total. The molecule has 1 aromatic rings. The summed E-state index contributed by atoms with van der Waals surface area (Å²) in [7, 11) is 0. The van der Waals surface area contributed by atoms with Crippen LogP contribution in [0, 0.1) is 5.92 Å². The maximum absolute atomic E-state index is 12.5. The average molecular weight is 291 g/mol. The Labute approximate surface area is 114 Å². The first-order valence-electron chi connectivity index (χ1n) is 6.13. The molecule has 2 rings (SSSR count). The van der Waals surface area contributed by atoms with E-state index in [0.29, 0.717) is 18.4 Å². The van der Waals surface area contributed by atoms with E-state index in [4.69, 9.17) is 11.6 Å². The van der Waals surface area contributed by atoms with E-state index in [9.17, 15) is 18.0 Å². The second-order valence-corrected chi connectivity index (χ2v) is 5.79. The number of alkyl halides is 4. The summed E-state index contributed by atoms with van der Waals surface area (Å²) in [6, 6.07) is 4.58. The Bertz CT molecular complexity index is 480. The van der Waals surface area contributed by atoms with Crippen LogP contribution in [0.15, 0.2) is 24.3 Å². The van der Waals surface area contributed by atoms with E-state index in [0.717, 1.165) is 18.6 Å². The van der Waals surface area contributed by atoms with Gasteiger partial charge in [-0.25, -0.2) is 0 Å². The van der Waals surface area contributed by atoms with Crippen molar-refractivity contribution in [2.24, 2.45) is 5.92 Å². The molecule has 2 atom stereocenters. The van der Waals surface area contributed by atoms with Crippen LogP contribution in [0.4, 0.5) is 13.2 Å². The van der Waals surface area contributed by atoms with Crippen molar-refractivity contribution in [1.82, 2.24) is 0 Å². The van der Waals surface area contributed by atoms with Gasteiger partial charge in [0.25, 0.3) is 0 Å². The number of rotatable bonds is 1. The largest absolute Gasteiger partial charge is 0.416 e. The van der Waals surface area contributed by atoms with Crippen LogP contribution in [0.3, 0.4) is 0 Å². The predicted molar refractivity (Wildman–Crippen MR) is 67.0 cm³/mol. The van der Waals surface area contributed by atoms with Gasteiger partial charge >= 0.3 is 6.18 Å². The molecule has 0 aliphatic heterocycles. The maximum Gasteiger partial charge on any atom is 0.416 e. The average Bonchev–Trinajstić information content (AvgIpc) is 2.33. The van der Waals surface area contributed by atoms with E-state index >= 15 is 0 Å². The third kappa shape index (κ3) is 2.78. The Morgan fingerprint density at radius 3 is 2.37 bits per heavy atom. The molecule has 0 saturated heterocycles. The Morgan fingerprint density at radius 1 is 1.26 bits per heavy atom. The van der Waals surface area contributed by atoms with Gasteiger partial charge in [-0.15, -0.1) is 11.6 Å². The minimum Gasteiger partial charge on any atom is -0.297 e. The highest BCUT2D eigenvalue weighted by Gasteiger charge is 2.42. The molecule has 19 heavy (non-hydrogen) atoms. The van der Waals surface area contributed by atoms with E-state index in [2.05, 4.69) is 0 Å². The molecule has 1 saturated carbocycles. The standard InChI is InChI=1S/C14H14ClF3O/c1-9-2-7-12(19)13(15,8-9)10-3-5-11(6-4-10)14(16,17)18/h3-6,9H,2,7-8H2,1H3. The molecular weight excluding hydrogens is 277 g/mol. The SMILES string of the molecule is CC1CCC(=O)C(Cl)(c2ccc(C(F)(F)F)cc2)C1. The molecule has 0 amide bonds. The van der Waals surface area contributed by atoms with Gasteiger partial charge in [-0.3, -0.25) is 4.79 Å². The van der Waals surface area contributed by atoms with Crippen LogP contribution >= 0.6 is 11.6 Å². The van der Waals surface area contributed by atoms with Crippen molar-refractivity contribution in [3.63, 3.8) is 0 Å². The molecule has 1 aliphatic carbocycles. The van der Waals surface area contributed by atoms with E-state index < -0.39 is 16.6 Å². The number of carbonyl (C=O) groups is 1. The Morgan fingerprint density at radius 2 is 1.84 bits per heavy atom. The van der Waals surface area contributed by atoms with Crippen LogP contribution in [0.5, 0.6) is 0 Å². The second-order valence-electron chi connectivity index (χ2n) is 5.15. The van der Waals surface area contributed by atoms with Crippen LogP contribution < -0.4 is 0 Å². The van der Waals surface area contributed by atoms with Gasteiger partial charge < -0.3 is 0 Å². The fraction of sp³-hybridized carbons (Fsp3) is 0.500. The Balaban J connectivity index is 2.33. The van der Waals surface area contributed by atoms with Gasteiger partial charge in [0, 0.05) is 6.42 Å². The smallest absolute Gasteiger partial charge is 0.297 e. The fourth-order valence-corrected chi connectivity index (χ4v) is 2.96. The Hall–Kier alpha value is -1.03. The van der Waals surface area contributed by atoms with Crippen molar-refractivity contribution < 1.29 is 18.0 Å². The van der Waals surface area contributed by atoms with Crippen molar-refractivity contribution in [2.75, 3.05) is 0 Å². The third-order valence-electron chi connectivity index (χ3n) is 3.61. The highest BCUT2D eigenvalue weighted by molar-refractivity contribution is 6.35. The second kappa shape index (κ2) is 4.82. The first-order chi connectivity index (χ1) is 8.73. The topological polar surface area (TPSA) is 17.1 Å². The first-order valence-corrected chi connectivity index (χ1v) is 6.51. The number of carbonyl (C=O) groups excluding carboxylic acids is 1. The molecule has 1 aromatic carbocycles. The van der Waals surface area contributed by atoms with Crippen molar-refractivity contribution in [1.29, 1.82) is 0 Å². The van der Waals surface area contributed by atoms with E-state index in [1.807, 2.05) is 6.92 Å². The molecule has 0 heterocycles. The van der Waals surface area contributed by atoms with Crippen LogP contribution in [0.25, 0.3) is 0 Å². The summed E-state index contributed by atoms with van der Waals surface area (Å²) in [5.41, 5.74) is -0.272. The number of Topliss-reactive ketones (excluding diaryl/α,β-unsaturated/α-hetero) is 1.